The summed E-state index contributed by atoms with van der Waals surface area (Å²) in [5, 5.41) is 8.19. The van der Waals surface area contributed by atoms with Crippen molar-refractivity contribution in [3.05, 3.63) is 41.9 Å². The van der Waals surface area contributed by atoms with E-state index in [-0.39, 0.29) is 6.04 Å². The number of aromatic nitrogens is 3. The van der Waals surface area contributed by atoms with Gasteiger partial charge in [-0.3, -0.25) is 4.98 Å². The first-order valence-corrected chi connectivity index (χ1v) is 6.97. The topological polar surface area (TPSA) is 42.7 Å². The van der Waals surface area contributed by atoms with Gasteiger partial charge in [0.15, 0.2) is 0 Å². The monoisotopic (exact) mass is 256 g/mol. The van der Waals surface area contributed by atoms with E-state index in [1.807, 2.05) is 18.3 Å². The van der Waals surface area contributed by atoms with Gasteiger partial charge in [-0.05, 0) is 30.9 Å². The van der Waals surface area contributed by atoms with Crippen LogP contribution in [0.1, 0.15) is 37.7 Å². The molecule has 0 amide bonds. The number of hydrogen-bond donors (Lipinski definition) is 1. The zero-order valence-electron chi connectivity index (χ0n) is 11.5. The highest BCUT2D eigenvalue weighted by Gasteiger charge is 2.23. The number of rotatable bonds is 3. The van der Waals surface area contributed by atoms with Crippen LogP contribution in [0.3, 0.4) is 0 Å². The molecule has 0 saturated carbocycles. The van der Waals surface area contributed by atoms with Gasteiger partial charge in [-0.2, -0.15) is 5.10 Å². The lowest BCUT2D eigenvalue weighted by atomic mass is 10.1. The molecule has 0 saturated heterocycles. The smallest absolute Gasteiger partial charge is 0.125 e. The second-order valence-electron chi connectivity index (χ2n) is 5.55. The Kier molecular flexibility index (Phi) is 3.23. The highest BCUT2D eigenvalue weighted by Crippen LogP contribution is 2.29. The van der Waals surface area contributed by atoms with Crippen LogP contribution in [0.15, 0.2) is 30.5 Å². The van der Waals surface area contributed by atoms with Crippen LogP contribution >= 0.6 is 0 Å². The van der Waals surface area contributed by atoms with Crippen LogP contribution in [0, 0.1) is 5.92 Å². The molecular weight excluding hydrogens is 236 g/mol. The minimum atomic E-state index is 0.262. The first-order valence-electron chi connectivity index (χ1n) is 6.97. The van der Waals surface area contributed by atoms with Gasteiger partial charge in [0.2, 0.25) is 0 Å². The van der Waals surface area contributed by atoms with Crippen molar-refractivity contribution < 1.29 is 0 Å². The maximum absolute atomic E-state index is 4.76. The summed E-state index contributed by atoms with van der Waals surface area (Å²) in [6, 6.07) is 8.53. The van der Waals surface area contributed by atoms with E-state index >= 15 is 0 Å². The van der Waals surface area contributed by atoms with Gasteiger partial charge in [-0.25, -0.2) is 4.68 Å². The van der Waals surface area contributed by atoms with Gasteiger partial charge in [0.25, 0.3) is 0 Å². The van der Waals surface area contributed by atoms with Gasteiger partial charge >= 0.3 is 0 Å². The van der Waals surface area contributed by atoms with E-state index in [4.69, 9.17) is 5.10 Å². The van der Waals surface area contributed by atoms with Crippen molar-refractivity contribution in [2.75, 3.05) is 11.9 Å². The Morgan fingerprint density at radius 2 is 2.32 bits per heavy atom. The highest BCUT2D eigenvalue weighted by molar-refractivity contribution is 5.40. The molecule has 1 aliphatic heterocycles. The van der Waals surface area contributed by atoms with Crippen molar-refractivity contribution >= 4 is 5.82 Å². The van der Waals surface area contributed by atoms with Crippen molar-refractivity contribution in [2.24, 2.45) is 5.92 Å². The summed E-state index contributed by atoms with van der Waals surface area (Å²) in [7, 11) is 0. The number of hydrogen-bond acceptors (Lipinski definition) is 3. The minimum Gasteiger partial charge on any atom is -0.370 e. The molecule has 0 bridgehead atoms. The normalized spacial score (nSPS) is 18.2. The third-order valence-corrected chi connectivity index (χ3v) is 3.45. The second-order valence-corrected chi connectivity index (χ2v) is 5.55. The molecule has 0 aromatic carbocycles. The van der Waals surface area contributed by atoms with Crippen LogP contribution in [0.5, 0.6) is 0 Å². The molecule has 1 N–H and O–H groups in total. The Morgan fingerprint density at radius 1 is 1.42 bits per heavy atom. The van der Waals surface area contributed by atoms with Gasteiger partial charge in [0.05, 0.1) is 17.4 Å². The molecule has 3 heterocycles. The van der Waals surface area contributed by atoms with Gasteiger partial charge in [0.1, 0.15) is 5.82 Å². The standard InChI is InChI=1S/C15H20N4/c1-11(2)9-12-10-15-17-8-6-14(19(15)18-12)13-5-3-4-7-16-13/h3-5,7,10-11,14,17H,6,8-9H2,1-2H3. The van der Waals surface area contributed by atoms with Crippen molar-refractivity contribution in [3.63, 3.8) is 0 Å². The molecule has 0 radical (unpaired) electrons. The van der Waals surface area contributed by atoms with E-state index in [0.29, 0.717) is 5.92 Å². The van der Waals surface area contributed by atoms with Gasteiger partial charge in [-0.15, -0.1) is 0 Å². The lowest BCUT2D eigenvalue weighted by Crippen LogP contribution is -2.24. The maximum Gasteiger partial charge on any atom is 0.125 e. The molecule has 4 nitrogen and oxygen atoms in total. The number of nitrogens with one attached hydrogen (secondary N) is 1. The number of pyridine rings is 1. The molecule has 19 heavy (non-hydrogen) atoms. The third kappa shape index (κ3) is 2.48. The Labute approximate surface area is 113 Å². The average Bonchev–Trinajstić information content (AvgIpc) is 2.80. The van der Waals surface area contributed by atoms with Crippen molar-refractivity contribution in [2.45, 2.75) is 32.7 Å². The van der Waals surface area contributed by atoms with E-state index in [1.165, 1.54) is 5.69 Å². The zero-order chi connectivity index (χ0) is 13.2. The fourth-order valence-corrected chi connectivity index (χ4v) is 2.64. The van der Waals surface area contributed by atoms with Crippen LogP contribution in [-0.4, -0.2) is 21.3 Å². The maximum atomic E-state index is 4.76. The van der Waals surface area contributed by atoms with Crippen LogP contribution in [0.2, 0.25) is 0 Å². The number of anilines is 1. The van der Waals surface area contributed by atoms with Crippen LogP contribution in [0.25, 0.3) is 0 Å². The molecule has 2 aromatic rings. The van der Waals surface area contributed by atoms with E-state index < -0.39 is 0 Å². The quantitative estimate of drug-likeness (QED) is 0.918. The largest absolute Gasteiger partial charge is 0.370 e. The zero-order valence-corrected chi connectivity index (χ0v) is 11.5. The third-order valence-electron chi connectivity index (χ3n) is 3.45. The summed E-state index contributed by atoms with van der Waals surface area (Å²) >= 11 is 0. The summed E-state index contributed by atoms with van der Waals surface area (Å²) in [6.45, 7) is 5.43. The Bertz CT molecular complexity index is 545. The number of nitrogens with zero attached hydrogens (tertiary/aromatic N) is 3. The van der Waals surface area contributed by atoms with Crippen molar-refractivity contribution in [1.82, 2.24) is 14.8 Å². The molecule has 4 heteroatoms. The van der Waals surface area contributed by atoms with Gasteiger partial charge in [-0.1, -0.05) is 19.9 Å². The SMILES string of the molecule is CC(C)Cc1cc2n(n1)C(c1ccccn1)CCN2. The van der Waals surface area contributed by atoms with Gasteiger partial charge < -0.3 is 5.32 Å². The lowest BCUT2D eigenvalue weighted by Gasteiger charge is -2.25. The molecule has 1 atom stereocenters. The first kappa shape index (κ1) is 12.2. The van der Waals surface area contributed by atoms with Crippen LogP contribution in [0.4, 0.5) is 5.82 Å². The lowest BCUT2D eigenvalue weighted by molar-refractivity contribution is 0.465. The predicted octanol–water partition coefficient (Wildman–Crippen LogP) is 2.88. The predicted molar refractivity (Wildman–Crippen MR) is 76.3 cm³/mol. The molecule has 0 spiro atoms. The number of fused-ring (bicyclic) bond motifs is 1. The molecule has 0 aliphatic carbocycles. The van der Waals surface area contributed by atoms with E-state index in [2.05, 4.69) is 41.0 Å². The van der Waals surface area contributed by atoms with E-state index in [1.54, 1.807) is 0 Å². The van der Waals surface area contributed by atoms with Crippen LogP contribution < -0.4 is 5.32 Å². The van der Waals surface area contributed by atoms with E-state index in [9.17, 15) is 0 Å². The Hall–Kier alpha value is -1.84. The van der Waals surface area contributed by atoms with Crippen molar-refractivity contribution in [1.29, 1.82) is 0 Å². The van der Waals surface area contributed by atoms with Gasteiger partial charge in [0, 0.05) is 18.8 Å². The Balaban J connectivity index is 1.93. The molecular formula is C15H20N4. The fourth-order valence-electron chi connectivity index (χ4n) is 2.64. The molecule has 1 unspecified atom stereocenters. The molecule has 100 valence electrons. The summed E-state index contributed by atoms with van der Waals surface area (Å²) in [5.41, 5.74) is 2.27. The molecule has 0 fully saturated rings. The molecule has 3 rings (SSSR count). The van der Waals surface area contributed by atoms with Crippen molar-refractivity contribution in [3.8, 4) is 0 Å². The Morgan fingerprint density at radius 3 is 3.05 bits per heavy atom. The molecule has 2 aromatic heterocycles. The van der Waals surface area contributed by atoms with E-state index in [0.717, 1.165) is 30.9 Å². The minimum absolute atomic E-state index is 0.262. The summed E-state index contributed by atoms with van der Waals surface area (Å²) in [5.74, 6) is 1.75. The summed E-state index contributed by atoms with van der Waals surface area (Å²) in [6.07, 6.45) is 3.92. The second kappa shape index (κ2) is 5.03. The highest BCUT2D eigenvalue weighted by atomic mass is 15.4. The average molecular weight is 256 g/mol. The fraction of sp³-hybridized carbons (Fsp3) is 0.467. The first-order chi connectivity index (χ1) is 9.24. The summed E-state index contributed by atoms with van der Waals surface area (Å²) < 4.78 is 2.10. The molecule has 1 aliphatic rings. The summed E-state index contributed by atoms with van der Waals surface area (Å²) in [4.78, 5) is 4.48. The van der Waals surface area contributed by atoms with Crippen LogP contribution in [-0.2, 0) is 6.42 Å².